The van der Waals surface area contributed by atoms with Gasteiger partial charge in [0, 0.05) is 28.8 Å². The first-order valence-electron chi connectivity index (χ1n) is 10.3. The van der Waals surface area contributed by atoms with Gasteiger partial charge in [-0.15, -0.1) is 0 Å². The number of rotatable bonds is 5. The molecular weight excluding hydrogens is 454 g/mol. The summed E-state index contributed by atoms with van der Waals surface area (Å²) in [5, 5.41) is 7.83. The first-order valence-corrected chi connectivity index (χ1v) is 11.0. The Bertz CT molecular complexity index is 1260. The van der Waals surface area contributed by atoms with Crippen molar-refractivity contribution in [3.8, 4) is 0 Å². The predicted octanol–water partition coefficient (Wildman–Crippen LogP) is 4.25. The highest BCUT2D eigenvalue weighted by Crippen LogP contribution is 2.37. The van der Waals surface area contributed by atoms with E-state index in [9.17, 15) is 14.0 Å². The molecule has 1 aromatic heterocycles. The van der Waals surface area contributed by atoms with Crippen LogP contribution in [0.15, 0.2) is 35.1 Å². The van der Waals surface area contributed by atoms with Crippen molar-refractivity contribution in [1.82, 2.24) is 15.2 Å². The number of benzene rings is 2. The number of aromatic nitrogens is 1. The Morgan fingerprint density at radius 1 is 1.25 bits per heavy atom. The average Bonchev–Trinajstić information content (AvgIpc) is 2.72. The predicted molar refractivity (Wildman–Crippen MR) is 126 cm³/mol. The van der Waals surface area contributed by atoms with Crippen LogP contribution in [0.2, 0.25) is 10.0 Å². The second kappa shape index (κ2) is 9.10. The van der Waals surface area contributed by atoms with E-state index in [2.05, 4.69) is 15.6 Å². The number of H-pyrrole nitrogens is 1. The maximum atomic E-state index is 14.6. The molecular formula is C23H23Cl2FN4O2. The van der Waals surface area contributed by atoms with Crippen molar-refractivity contribution in [3.63, 3.8) is 0 Å². The Morgan fingerprint density at radius 2 is 2.03 bits per heavy atom. The van der Waals surface area contributed by atoms with Crippen molar-refractivity contribution in [2.24, 2.45) is 0 Å². The third-order valence-electron chi connectivity index (χ3n) is 5.79. The number of aromatic amines is 1. The maximum Gasteiger partial charge on any atom is 0.256 e. The van der Waals surface area contributed by atoms with Crippen LogP contribution in [-0.4, -0.2) is 35.9 Å². The van der Waals surface area contributed by atoms with Crippen molar-refractivity contribution in [1.29, 1.82) is 0 Å². The Hall–Kier alpha value is -2.61. The van der Waals surface area contributed by atoms with Crippen LogP contribution in [0.5, 0.6) is 0 Å². The Kier molecular flexibility index (Phi) is 6.42. The fourth-order valence-corrected chi connectivity index (χ4v) is 4.97. The van der Waals surface area contributed by atoms with Crippen LogP contribution in [-0.2, 0) is 17.8 Å². The molecule has 0 saturated carbocycles. The molecule has 0 bridgehead atoms. The molecule has 1 unspecified atom stereocenters. The summed E-state index contributed by atoms with van der Waals surface area (Å²) in [6.07, 6.45) is 0.646. The zero-order valence-corrected chi connectivity index (χ0v) is 19.2. The highest BCUT2D eigenvalue weighted by atomic mass is 35.5. The number of hydrogen-bond acceptors (Lipinski definition) is 4. The summed E-state index contributed by atoms with van der Waals surface area (Å²) in [6.45, 7) is 2.84. The number of carbonyl (C=O) groups is 1. The van der Waals surface area contributed by atoms with Gasteiger partial charge in [-0.05, 0) is 67.2 Å². The van der Waals surface area contributed by atoms with Crippen molar-refractivity contribution in [2.45, 2.75) is 25.9 Å². The second-order valence-corrected chi connectivity index (χ2v) is 8.74. The standard InChI is InChI=1S/C23H23Cl2FN4O2/c1-12-22-13(5-15(24)8-18(22)25)3-4-30(12)21(31)11-28-20-7-14-6-16(10-27-2)29-23(32)17(14)9-19(20)26/h5-9,12,27-28H,3-4,10-11H2,1-2H3,(H,29,32). The largest absolute Gasteiger partial charge is 0.374 e. The zero-order chi connectivity index (χ0) is 23.0. The van der Waals surface area contributed by atoms with Crippen molar-refractivity contribution >= 4 is 45.6 Å². The minimum absolute atomic E-state index is 0.0835. The highest BCUT2D eigenvalue weighted by molar-refractivity contribution is 6.35. The van der Waals surface area contributed by atoms with Crippen molar-refractivity contribution in [2.75, 3.05) is 25.5 Å². The molecule has 0 spiro atoms. The lowest BCUT2D eigenvalue weighted by Gasteiger charge is -2.36. The van der Waals surface area contributed by atoms with Crippen LogP contribution >= 0.6 is 23.2 Å². The molecule has 1 aliphatic rings. The Balaban J connectivity index is 1.53. The van der Waals surface area contributed by atoms with Gasteiger partial charge in [0.25, 0.3) is 5.56 Å². The summed E-state index contributed by atoms with van der Waals surface area (Å²) in [4.78, 5) is 29.6. The van der Waals surface area contributed by atoms with Crippen LogP contribution in [0.3, 0.4) is 0 Å². The molecule has 0 radical (unpaired) electrons. The van der Waals surface area contributed by atoms with Gasteiger partial charge in [-0.1, -0.05) is 23.2 Å². The second-order valence-electron chi connectivity index (χ2n) is 7.90. The van der Waals surface area contributed by atoms with Crippen LogP contribution in [0.25, 0.3) is 10.8 Å². The van der Waals surface area contributed by atoms with E-state index in [4.69, 9.17) is 23.2 Å². The molecule has 0 saturated heterocycles. The number of nitrogens with zero attached hydrogens (tertiary/aromatic N) is 1. The molecule has 1 aliphatic heterocycles. The maximum absolute atomic E-state index is 14.6. The lowest BCUT2D eigenvalue weighted by molar-refractivity contribution is -0.131. The van der Waals surface area contributed by atoms with Gasteiger partial charge in [-0.3, -0.25) is 9.59 Å². The first-order chi connectivity index (χ1) is 15.3. The summed E-state index contributed by atoms with van der Waals surface area (Å²) < 4.78 is 14.6. The van der Waals surface area contributed by atoms with E-state index in [1.165, 1.54) is 6.07 Å². The number of nitrogens with one attached hydrogen (secondary N) is 3. The fourth-order valence-electron chi connectivity index (χ4n) is 4.28. The smallest absolute Gasteiger partial charge is 0.256 e. The van der Waals surface area contributed by atoms with Crippen molar-refractivity contribution < 1.29 is 9.18 Å². The lowest BCUT2D eigenvalue weighted by atomic mass is 9.93. The monoisotopic (exact) mass is 476 g/mol. The molecule has 4 rings (SSSR count). The molecule has 9 heteroatoms. The third-order valence-corrected chi connectivity index (χ3v) is 6.32. The van der Waals surface area contributed by atoms with Gasteiger partial charge in [0.2, 0.25) is 5.91 Å². The average molecular weight is 477 g/mol. The van der Waals surface area contributed by atoms with E-state index in [0.29, 0.717) is 40.6 Å². The van der Waals surface area contributed by atoms with E-state index in [0.717, 1.165) is 11.1 Å². The molecule has 32 heavy (non-hydrogen) atoms. The van der Waals surface area contributed by atoms with E-state index in [1.807, 2.05) is 13.0 Å². The Labute approximate surface area is 194 Å². The van der Waals surface area contributed by atoms with E-state index < -0.39 is 5.82 Å². The normalized spacial score (nSPS) is 15.7. The molecule has 0 fully saturated rings. The van der Waals surface area contributed by atoms with E-state index >= 15 is 0 Å². The number of anilines is 1. The van der Waals surface area contributed by atoms with Gasteiger partial charge in [-0.25, -0.2) is 4.39 Å². The van der Waals surface area contributed by atoms with Gasteiger partial charge >= 0.3 is 0 Å². The van der Waals surface area contributed by atoms with E-state index in [-0.39, 0.29) is 35.1 Å². The summed E-state index contributed by atoms with van der Waals surface area (Å²) in [6, 6.07) is 7.87. The Morgan fingerprint density at radius 3 is 2.78 bits per heavy atom. The van der Waals surface area contributed by atoms with Gasteiger partial charge < -0.3 is 20.5 Å². The fraction of sp³-hybridized carbons (Fsp3) is 0.304. The topological polar surface area (TPSA) is 77.2 Å². The summed E-state index contributed by atoms with van der Waals surface area (Å²) in [5.41, 5.74) is 2.43. The molecule has 168 valence electrons. The minimum atomic E-state index is -0.591. The van der Waals surface area contributed by atoms with Crippen LogP contribution in [0, 0.1) is 5.82 Å². The van der Waals surface area contributed by atoms with Crippen molar-refractivity contribution in [3.05, 3.63) is 73.4 Å². The van der Waals surface area contributed by atoms with E-state index in [1.54, 1.807) is 30.1 Å². The zero-order valence-electron chi connectivity index (χ0n) is 17.7. The molecule has 2 heterocycles. The summed E-state index contributed by atoms with van der Waals surface area (Å²) >= 11 is 12.5. The van der Waals surface area contributed by atoms with Gasteiger partial charge in [0.05, 0.1) is 23.7 Å². The number of pyridine rings is 1. The minimum Gasteiger partial charge on any atom is -0.374 e. The molecule has 6 nitrogen and oxygen atoms in total. The van der Waals surface area contributed by atoms with Crippen LogP contribution in [0.4, 0.5) is 10.1 Å². The molecule has 2 aromatic carbocycles. The van der Waals surface area contributed by atoms with Gasteiger partial charge in [0.1, 0.15) is 5.82 Å². The lowest BCUT2D eigenvalue weighted by Crippen LogP contribution is -2.42. The van der Waals surface area contributed by atoms with Gasteiger partial charge in [-0.2, -0.15) is 0 Å². The number of hydrogen-bond donors (Lipinski definition) is 3. The van der Waals surface area contributed by atoms with Crippen LogP contribution in [0.1, 0.15) is 29.8 Å². The molecule has 1 amide bonds. The first kappa shape index (κ1) is 22.6. The van der Waals surface area contributed by atoms with Crippen LogP contribution < -0.4 is 16.2 Å². The molecule has 1 atom stereocenters. The highest BCUT2D eigenvalue weighted by Gasteiger charge is 2.29. The van der Waals surface area contributed by atoms with Gasteiger partial charge in [0.15, 0.2) is 0 Å². The number of fused-ring (bicyclic) bond motifs is 2. The molecule has 3 aromatic rings. The SMILES string of the molecule is CNCc1cc2cc(NCC(=O)N3CCc4cc(Cl)cc(Cl)c4C3C)c(F)cc2c(=O)[nH]1. The summed E-state index contributed by atoms with van der Waals surface area (Å²) in [5.74, 6) is -0.762. The number of halogens is 3. The molecule has 0 aliphatic carbocycles. The number of amides is 1. The third kappa shape index (κ3) is 4.33. The molecule has 3 N–H and O–H groups in total. The summed E-state index contributed by atoms with van der Waals surface area (Å²) in [7, 11) is 1.77. The quantitative estimate of drug-likeness (QED) is 0.514. The number of carbonyl (C=O) groups excluding carboxylic acids is 1.